The maximum absolute atomic E-state index is 12.2. The Bertz CT molecular complexity index is 1130. The number of benzene rings is 3. The number of ether oxygens (including phenoxy) is 1. The molecule has 154 valence electrons. The number of fused-ring (bicyclic) bond motifs is 3. The third-order valence-corrected chi connectivity index (χ3v) is 5.59. The summed E-state index contributed by atoms with van der Waals surface area (Å²) in [6.45, 7) is 0.735. The minimum Gasteiger partial charge on any atom is -0.449 e. The molecule has 4 rings (SSSR count). The second kappa shape index (κ2) is 9.51. The molecule has 0 heterocycles. The van der Waals surface area contributed by atoms with Gasteiger partial charge in [0.15, 0.2) is 0 Å². The average molecular weight is 429 g/mol. The van der Waals surface area contributed by atoms with Gasteiger partial charge in [0.05, 0.1) is 11.6 Å². The molecule has 0 fully saturated rings. The number of nitrogens with zero attached hydrogens (tertiary/aromatic N) is 1. The SMILES string of the molecule is N#Cc1ccc(Cl)cc1C=CCCNC(=O)OCC1c2ccccc2-c2ccccc21. The van der Waals surface area contributed by atoms with E-state index < -0.39 is 6.09 Å². The van der Waals surface area contributed by atoms with Gasteiger partial charge in [0, 0.05) is 17.5 Å². The van der Waals surface area contributed by atoms with E-state index in [1.807, 2.05) is 36.4 Å². The Labute approximate surface area is 186 Å². The molecular weight excluding hydrogens is 408 g/mol. The van der Waals surface area contributed by atoms with Gasteiger partial charge < -0.3 is 10.1 Å². The summed E-state index contributed by atoms with van der Waals surface area (Å²) in [6.07, 6.45) is 3.91. The van der Waals surface area contributed by atoms with E-state index in [9.17, 15) is 4.79 Å². The van der Waals surface area contributed by atoms with Gasteiger partial charge in [-0.2, -0.15) is 5.26 Å². The number of nitrogens with one attached hydrogen (secondary N) is 1. The molecule has 0 saturated carbocycles. The van der Waals surface area contributed by atoms with Crippen molar-refractivity contribution < 1.29 is 9.53 Å². The molecule has 1 aliphatic carbocycles. The maximum Gasteiger partial charge on any atom is 0.407 e. The normalized spacial score (nSPS) is 12.3. The number of nitriles is 1. The Balaban J connectivity index is 1.29. The van der Waals surface area contributed by atoms with E-state index in [0.717, 1.165) is 5.56 Å². The van der Waals surface area contributed by atoms with Crippen LogP contribution in [0.3, 0.4) is 0 Å². The smallest absolute Gasteiger partial charge is 0.407 e. The summed E-state index contributed by atoms with van der Waals surface area (Å²) in [4.78, 5) is 12.2. The molecule has 5 heteroatoms. The molecular formula is C26H21ClN2O2. The summed E-state index contributed by atoms with van der Waals surface area (Å²) in [6, 6.07) is 23.8. The van der Waals surface area contributed by atoms with Crippen molar-refractivity contribution in [1.29, 1.82) is 5.26 Å². The van der Waals surface area contributed by atoms with E-state index in [1.165, 1.54) is 22.3 Å². The van der Waals surface area contributed by atoms with Crippen molar-refractivity contribution in [3.63, 3.8) is 0 Å². The third kappa shape index (κ3) is 4.63. The molecule has 0 saturated heterocycles. The van der Waals surface area contributed by atoms with Crippen LogP contribution in [0.25, 0.3) is 17.2 Å². The summed E-state index contributed by atoms with van der Waals surface area (Å²) in [7, 11) is 0. The predicted octanol–water partition coefficient (Wildman–Crippen LogP) is 6.15. The first-order valence-electron chi connectivity index (χ1n) is 10.1. The Kier molecular flexibility index (Phi) is 6.35. The van der Waals surface area contributed by atoms with Crippen molar-refractivity contribution in [2.45, 2.75) is 12.3 Å². The van der Waals surface area contributed by atoms with E-state index >= 15 is 0 Å². The number of rotatable bonds is 6. The van der Waals surface area contributed by atoms with E-state index in [1.54, 1.807) is 18.2 Å². The van der Waals surface area contributed by atoms with Crippen molar-refractivity contribution in [3.8, 4) is 17.2 Å². The molecule has 0 atom stereocenters. The van der Waals surface area contributed by atoms with Crippen LogP contribution < -0.4 is 5.32 Å². The Morgan fingerprint density at radius 3 is 2.42 bits per heavy atom. The zero-order valence-corrected chi connectivity index (χ0v) is 17.6. The fourth-order valence-corrected chi connectivity index (χ4v) is 4.07. The first-order chi connectivity index (χ1) is 15.2. The summed E-state index contributed by atoms with van der Waals surface area (Å²) >= 11 is 5.99. The van der Waals surface area contributed by atoms with E-state index in [4.69, 9.17) is 21.6 Å². The Hall–Kier alpha value is -3.55. The Morgan fingerprint density at radius 1 is 1.06 bits per heavy atom. The number of carbonyl (C=O) groups excluding carboxylic acids is 1. The van der Waals surface area contributed by atoms with Crippen LogP contribution in [0.4, 0.5) is 4.79 Å². The quantitative estimate of drug-likeness (QED) is 0.478. The summed E-state index contributed by atoms with van der Waals surface area (Å²) in [5.74, 6) is 0.0466. The maximum atomic E-state index is 12.2. The van der Waals surface area contributed by atoms with E-state index in [-0.39, 0.29) is 5.92 Å². The van der Waals surface area contributed by atoms with Crippen molar-refractivity contribution >= 4 is 23.8 Å². The van der Waals surface area contributed by atoms with Crippen molar-refractivity contribution in [2.75, 3.05) is 13.2 Å². The first kappa shape index (κ1) is 20.7. The number of hydrogen-bond acceptors (Lipinski definition) is 3. The number of amides is 1. The summed E-state index contributed by atoms with van der Waals surface area (Å²) in [5.41, 5.74) is 6.11. The van der Waals surface area contributed by atoms with Crippen molar-refractivity contribution in [2.24, 2.45) is 0 Å². The highest BCUT2D eigenvalue weighted by molar-refractivity contribution is 6.30. The third-order valence-electron chi connectivity index (χ3n) is 5.36. The molecule has 3 aromatic rings. The number of halogens is 1. The van der Waals surface area contributed by atoms with Gasteiger partial charge in [0.1, 0.15) is 6.61 Å². The molecule has 0 spiro atoms. The molecule has 31 heavy (non-hydrogen) atoms. The topological polar surface area (TPSA) is 62.1 Å². The second-order valence-corrected chi connectivity index (χ2v) is 7.72. The molecule has 0 unspecified atom stereocenters. The largest absolute Gasteiger partial charge is 0.449 e. The molecule has 1 aliphatic rings. The lowest BCUT2D eigenvalue weighted by atomic mass is 9.98. The molecule has 0 aliphatic heterocycles. The fourth-order valence-electron chi connectivity index (χ4n) is 3.89. The van der Waals surface area contributed by atoms with Crippen LogP contribution in [0.15, 0.2) is 72.8 Å². The van der Waals surface area contributed by atoms with Gasteiger partial charge in [-0.15, -0.1) is 0 Å². The van der Waals surface area contributed by atoms with Gasteiger partial charge in [-0.3, -0.25) is 0 Å². The van der Waals surface area contributed by atoms with Crippen LogP contribution in [-0.4, -0.2) is 19.2 Å². The van der Waals surface area contributed by atoms with Crippen LogP contribution in [0.5, 0.6) is 0 Å². The van der Waals surface area contributed by atoms with Crippen LogP contribution in [0.2, 0.25) is 5.02 Å². The second-order valence-electron chi connectivity index (χ2n) is 7.29. The lowest BCUT2D eigenvalue weighted by Crippen LogP contribution is -2.26. The van der Waals surface area contributed by atoms with Crippen molar-refractivity contribution in [3.05, 3.63) is 100 Å². The van der Waals surface area contributed by atoms with E-state index in [0.29, 0.717) is 30.2 Å². The molecule has 3 aromatic carbocycles. The minimum absolute atomic E-state index is 0.0466. The zero-order valence-electron chi connectivity index (χ0n) is 16.8. The molecule has 0 aromatic heterocycles. The number of carbonyl (C=O) groups is 1. The number of hydrogen-bond donors (Lipinski definition) is 1. The fraction of sp³-hybridized carbons (Fsp3) is 0.154. The highest BCUT2D eigenvalue weighted by atomic mass is 35.5. The predicted molar refractivity (Wildman–Crippen MR) is 123 cm³/mol. The standard InChI is InChI=1S/C26H21ClN2O2/c27-20-13-12-19(16-28)18(15-20)7-5-6-14-29-26(30)31-17-25-23-10-3-1-8-21(23)22-9-2-4-11-24(22)25/h1-5,7-13,15,25H,6,14,17H2,(H,29,30). The van der Waals surface area contributed by atoms with Gasteiger partial charge in [0.2, 0.25) is 0 Å². The van der Waals surface area contributed by atoms with Crippen LogP contribution in [0, 0.1) is 11.3 Å². The van der Waals surface area contributed by atoms with Gasteiger partial charge in [-0.25, -0.2) is 4.79 Å². The molecule has 0 radical (unpaired) electrons. The van der Waals surface area contributed by atoms with Crippen molar-refractivity contribution in [1.82, 2.24) is 5.32 Å². The van der Waals surface area contributed by atoms with Gasteiger partial charge >= 0.3 is 6.09 Å². The molecule has 4 nitrogen and oxygen atoms in total. The lowest BCUT2D eigenvalue weighted by Gasteiger charge is -2.14. The minimum atomic E-state index is -0.435. The van der Waals surface area contributed by atoms with E-state index in [2.05, 4.69) is 35.7 Å². The van der Waals surface area contributed by atoms with Gasteiger partial charge in [-0.05, 0) is 52.4 Å². The van der Waals surface area contributed by atoms with Crippen LogP contribution >= 0.6 is 11.6 Å². The molecule has 0 bridgehead atoms. The first-order valence-corrected chi connectivity index (χ1v) is 10.5. The highest BCUT2D eigenvalue weighted by Gasteiger charge is 2.28. The summed E-state index contributed by atoms with van der Waals surface area (Å²) in [5, 5.41) is 12.5. The molecule has 1 N–H and O–H groups in total. The monoisotopic (exact) mass is 428 g/mol. The van der Waals surface area contributed by atoms with Crippen LogP contribution in [-0.2, 0) is 4.74 Å². The van der Waals surface area contributed by atoms with Gasteiger partial charge in [0.25, 0.3) is 0 Å². The zero-order chi connectivity index (χ0) is 21.6. The van der Waals surface area contributed by atoms with Gasteiger partial charge in [-0.1, -0.05) is 72.3 Å². The average Bonchev–Trinajstić information content (AvgIpc) is 3.11. The lowest BCUT2D eigenvalue weighted by molar-refractivity contribution is 0.143. The van der Waals surface area contributed by atoms with Crippen LogP contribution in [0.1, 0.15) is 34.6 Å². The highest BCUT2D eigenvalue weighted by Crippen LogP contribution is 2.44. The molecule has 1 amide bonds. The number of alkyl carbamates (subject to hydrolysis) is 1. The summed E-state index contributed by atoms with van der Waals surface area (Å²) < 4.78 is 5.52. The Morgan fingerprint density at radius 2 is 1.74 bits per heavy atom.